The van der Waals surface area contributed by atoms with Crippen LogP contribution in [0, 0.1) is 5.92 Å². The minimum absolute atomic E-state index is 0.0757. The van der Waals surface area contributed by atoms with Crippen LogP contribution in [0.15, 0.2) is 36.7 Å². The highest BCUT2D eigenvalue weighted by Crippen LogP contribution is 2.23. The van der Waals surface area contributed by atoms with Crippen LogP contribution in [0.1, 0.15) is 25.7 Å². The number of ether oxygens (including phenoxy) is 1. The monoisotopic (exact) mass is 367 g/mol. The van der Waals surface area contributed by atoms with E-state index in [9.17, 15) is 4.79 Å². The Hall–Kier alpha value is -2.54. The highest BCUT2D eigenvalue weighted by Gasteiger charge is 2.26. The lowest BCUT2D eigenvalue weighted by molar-refractivity contribution is -0.126. The maximum atomic E-state index is 12.4. The number of nitrogens with one attached hydrogen (secondary N) is 1. The van der Waals surface area contributed by atoms with Gasteiger partial charge in [0.05, 0.1) is 11.8 Å². The van der Waals surface area contributed by atoms with Crippen molar-refractivity contribution in [3.63, 3.8) is 0 Å². The molecule has 0 saturated carbocycles. The first kappa shape index (κ1) is 17.9. The van der Waals surface area contributed by atoms with E-state index >= 15 is 0 Å². The number of carbonyl (C=O) groups excluding carboxylic acids is 1. The largest absolute Gasteiger partial charge is 0.376 e. The number of hydrogen-bond donors (Lipinski definition) is 1. The SMILES string of the molecule is O=C(NCC1CCCO1)C1CCN(c2ccc(-c3ccncc3)nn2)CC1. The van der Waals surface area contributed by atoms with E-state index < -0.39 is 0 Å². The van der Waals surface area contributed by atoms with E-state index in [-0.39, 0.29) is 17.9 Å². The number of piperidine rings is 1. The molecule has 1 N–H and O–H groups in total. The van der Waals surface area contributed by atoms with E-state index in [1.807, 2.05) is 24.3 Å². The lowest BCUT2D eigenvalue weighted by Crippen LogP contribution is -2.42. The van der Waals surface area contributed by atoms with Crippen molar-refractivity contribution < 1.29 is 9.53 Å². The van der Waals surface area contributed by atoms with Crippen LogP contribution in [0.3, 0.4) is 0 Å². The number of rotatable bonds is 5. The smallest absolute Gasteiger partial charge is 0.223 e. The van der Waals surface area contributed by atoms with Crippen molar-refractivity contribution in [2.24, 2.45) is 5.92 Å². The molecule has 0 bridgehead atoms. The number of aromatic nitrogens is 3. The van der Waals surface area contributed by atoms with Gasteiger partial charge in [-0.05, 0) is 49.9 Å². The molecule has 0 radical (unpaired) electrons. The molecule has 2 aromatic rings. The second-order valence-electron chi connectivity index (χ2n) is 7.15. The lowest BCUT2D eigenvalue weighted by atomic mass is 9.96. The van der Waals surface area contributed by atoms with Crippen molar-refractivity contribution in [1.29, 1.82) is 0 Å². The van der Waals surface area contributed by atoms with Gasteiger partial charge in [0.25, 0.3) is 0 Å². The lowest BCUT2D eigenvalue weighted by Gasteiger charge is -2.32. The molecule has 4 heterocycles. The topological polar surface area (TPSA) is 80.2 Å². The second kappa shape index (κ2) is 8.43. The molecule has 1 atom stereocenters. The molecule has 142 valence electrons. The predicted octanol–water partition coefficient (Wildman–Crippen LogP) is 2.05. The van der Waals surface area contributed by atoms with Gasteiger partial charge < -0.3 is 15.0 Å². The maximum Gasteiger partial charge on any atom is 0.223 e. The fourth-order valence-electron chi connectivity index (χ4n) is 3.71. The second-order valence-corrected chi connectivity index (χ2v) is 7.15. The van der Waals surface area contributed by atoms with E-state index in [0.29, 0.717) is 6.54 Å². The van der Waals surface area contributed by atoms with E-state index in [4.69, 9.17) is 4.74 Å². The number of nitrogens with zero attached hydrogens (tertiary/aromatic N) is 4. The van der Waals surface area contributed by atoms with Gasteiger partial charge in [0, 0.05) is 50.1 Å². The Kier molecular flexibility index (Phi) is 5.58. The van der Waals surface area contributed by atoms with Gasteiger partial charge in [-0.25, -0.2) is 0 Å². The van der Waals surface area contributed by atoms with Gasteiger partial charge in [-0.1, -0.05) is 0 Å². The Morgan fingerprint density at radius 1 is 1.11 bits per heavy atom. The van der Waals surface area contributed by atoms with E-state index in [2.05, 4.69) is 25.4 Å². The molecule has 27 heavy (non-hydrogen) atoms. The molecule has 0 aromatic carbocycles. The van der Waals surface area contributed by atoms with Gasteiger partial charge in [0.1, 0.15) is 0 Å². The number of carbonyl (C=O) groups is 1. The average molecular weight is 367 g/mol. The zero-order valence-corrected chi connectivity index (χ0v) is 15.4. The molecule has 2 aromatic heterocycles. The molecular weight excluding hydrogens is 342 g/mol. The van der Waals surface area contributed by atoms with Crippen molar-refractivity contribution in [3.8, 4) is 11.3 Å². The first-order valence-electron chi connectivity index (χ1n) is 9.68. The maximum absolute atomic E-state index is 12.4. The van der Waals surface area contributed by atoms with Gasteiger partial charge in [-0.15, -0.1) is 10.2 Å². The summed E-state index contributed by atoms with van der Waals surface area (Å²) in [5.41, 5.74) is 1.84. The van der Waals surface area contributed by atoms with Crippen LogP contribution in [0.4, 0.5) is 5.82 Å². The zero-order valence-electron chi connectivity index (χ0n) is 15.4. The Bertz CT molecular complexity index is 739. The van der Waals surface area contributed by atoms with Crippen LogP contribution in [-0.2, 0) is 9.53 Å². The Balaban J connectivity index is 1.28. The van der Waals surface area contributed by atoms with E-state index in [1.54, 1.807) is 12.4 Å². The van der Waals surface area contributed by atoms with Crippen LogP contribution < -0.4 is 10.2 Å². The summed E-state index contributed by atoms with van der Waals surface area (Å²) >= 11 is 0. The Labute approximate surface area is 159 Å². The molecule has 4 rings (SSSR count). The van der Waals surface area contributed by atoms with Crippen molar-refractivity contribution in [3.05, 3.63) is 36.7 Å². The quantitative estimate of drug-likeness (QED) is 0.871. The van der Waals surface area contributed by atoms with Crippen LogP contribution in [0.5, 0.6) is 0 Å². The molecule has 0 spiro atoms. The molecule has 7 nitrogen and oxygen atoms in total. The minimum atomic E-state index is 0.0757. The predicted molar refractivity (Wildman–Crippen MR) is 102 cm³/mol. The Morgan fingerprint density at radius 3 is 2.59 bits per heavy atom. The molecule has 2 aliphatic rings. The summed E-state index contributed by atoms with van der Waals surface area (Å²) in [7, 11) is 0. The molecule has 2 saturated heterocycles. The minimum Gasteiger partial charge on any atom is -0.376 e. The molecule has 2 fully saturated rings. The fourth-order valence-corrected chi connectivity index (χ4v) is 3.71. The average Bonchev–Trinajstić information content (AvgIpc) is 3.27. The van der Waals surface area contributed by atoms with Crippen LogP contribution in [0.25, 0.3) is 11.3 Å². The highest BCUT2D eigenvalue weighted by atomic mass is 16.5. The number of amides is 1. The third-order valence-corrected chi connectivity index (χ3v) is 5.34. The summed E-state index contributed by atoms with van der Waals surface area (Å²) in [4.78, 5) is 18.6. The van der Waals surface area contributed by atoms with Gasteiger partial charge in [0.15, 0.2) is 5.82 Å². The Morgan fingerprint density at radius 2 is 1.93 bits per heavy atom. The van der Waals surface area contributed by atoms with Crippen molar-refractivity contribution in [1.82, 2.24) is 20.5 Å². The molecule has 2 aliphatic heterocycles. The van der Waals surface area contributed by atoms with Crippen molar-refractivity contribution in [2.45, 2.75) is 31.8 Å². The summed E-state index contributed by atoms with van der Waals surface area (Å²) in [6, 6.07) is 7.83. The third kappa shape index (κ3) is 4.42. The fraction of sp³-hybridized carbons (Fsp3) is 0.500. The van der Waals surface area contributed by atoms with Gasteiger partial charge in [-0.2, -0.15) is 0 Å². The van der Waals surface area contributed by atoms with E-state index in [1.165, 1.54) is 0 Å². The summed E-state index contributed by atoms with van der Waals surface area (Å²) in [6.07, 6.45) is 7.52. The van der Waals surface area contributed by atoms with Gasteiger partial charge in [-0.3, -0.25) is 9.78 Å². The zero-order chi connectivity index (χ0) is 18.5. The number of hydrogen-bond acceptors (Lipinski definition) is 6. The van der Waals surface area contributed by atoms with Gasteiger partial charge >= 0.3 is 0 Å². The number of anilines is 1. The molecule has 7 heteroatoms. The van der Waals surface area contributed by atoms with E-state index in [0.717, 1.165) is 62.5 Å². The van der Waals surface area contributed by atoms with Crippen LogP contribution in [0.2, 0.25) is 0 Å². The summed E-state index contributed by atoms with van der Waals surface area (Å²) in [5, 5.41) is 11.8. The normalized spacial score (nSPS) is 20.6. The van der Waals surface area contributed by atoms with Crippen molar-refractivity contribution in [2.75, 3.05) is 31.1 Å². The molecular formula is C20H25N5O2. The molecule has 1 unspecified atom stereocenters. The third-order valence-electron chi connectivity index (χ3n) is 5.34. The first-order chi connectivity index (χ1) is 13.3. The summed E-state index contributed by atoms with van der Waals surface area (Å²) in [6.45, 7) is 3.10. The number of pyridine rings is 1. The summed E-state index contributed by atoms with van der Waals surface area (Å²) in [5.74, 6) is 1.10. The molecule has 1 amide bonds. The van der Waals surface area contributed by atoms with Crippen molar-refractivity contribution >= 4 is 11.7 Å². The summed E-state index contributed by atoms with van der Waals surface area (Å²) < 4.78 is 5.57. The molecule has 0 aliphatic carbocycles. The standard InChI is InChI=1S/C20H25N5O2/c26-20(22-14-17-2-1-13-27-17)16-7-11-25(12-8-16)19-4-3-18(23-24-19)15-5-9-21-10-6-15/h3-6,9-10,16-17H,1-2,7-8,11-14H2,(H,22,26). The van der Waals surface area contributed by atoms with Crippen LogP contribution >= 0.6 is 0 Å². The highest BCUT2D eigenvalue weighted by molar-refractivity contribution is 5.79. The van der Waals surface area contributed by atoms with Gasteiger partial charge in [0.2, 0.25) is 5.91 Å². The van der Waals surface area contributed by atoms with Crippen LogP contribution in [-0.4, -0.2) is 53.4 Å². The first-order valence-corrected chi connectivity index (χ1v) is 9.68.